The predicted molar refractivity (Wildman–Crippen MR) is 279 cm³/mol. The molecule has 1 unspecified atom stereocenters. The van der Waals surface area contributed by atoms with E-state index in [1.54, 1.807) is 0 Å². The van der Waals surface area contributed by atoms with E-state index in [9.17, 15) is 14.4 Å². The molecule has 0 fully saturated rings. The molecule has 0 aromatic heterocycles. The Morgan fingerprint density at radius 2 is 0.677 bits per heavy atom. The first-order chi connectivity index (χ1) is 32.0. The van der Waals surface area contributed by atoms with E-state index in [-0.39, 0.29) is 31.1 Å². The molecule has 0 saturated heterocycles. The lowest BCUT2D eigenvalue weighted by atomic mass is 10.0. The third-order valence-electron chi connectivity index (χ3n) is 11.1. The van der Waals surface area contributed by atoms with Crippen LogP contribution < -0.4 is 0 Å². The second kappa shape index (κ2) is 52.9. The summed E-state index contributed by atoms with van der Waals surface area (Å²) in [6.45, 7) is 6.35. The van der Waals surface area contributed by atoms with Crippen LogP contribution in [0.3, 0.4) is 0 Å². The number of hydrogen-bond donors (Lipinski definition) is 0. The first-order valence-electron chi connectivity index (χ1n) is 26.8. The third kappa shape index (κ3) is 51.2. The van der Waals surface area contributed by atoms with Gasteiger partial charge in [0.15, 0.2) is 6.10 Å². The number of allylic oxidation sites excluding steroid dienone is 16. The fourth-order valence-corrected chi connectivity index (χ4v) is 7.17. The van der Waals surface area contributed by atoms with Crippen molar-refractivity contribution >= 4 is 17.9 Å². The maximum absolute atomic E-state index is 12.8. The zero-order chi connectivity index (χ0) is 47.2. The predicted octanol–water partition coefficient (Wildman–Crippen LogP) is 17.8. The van der Waals surface area contributed by atoms with Crippen LogP contribution >= 0.6 is 0 Å². The molecule has 0 aliphatic rings. The van der Waals surface area contributed by atoms with Crippen molar-refractivity contribution < 1.29 is 28.6 Å². The van der Waals surface area contributed by atoms with Crippen LogP contribution in [0.4, 0.5) is 0 Å². The number of hydrogen-bond acceptors (Lipinski definition) is 6. The van der Waals surface area contributed by atoms with Gasteiger partial charge in [0.05, 0.1) is 0 Å². The molecule has 65 heavy (non-hydrogen) atoms. The van der Waals surface area contributed by atoms with Crippen LogP contribution in [0.2, 0.25) is 0 Å². The summed E-state index contributed by atoms with van der Waals surface area (Å²) in [5.74, 6) is -0.948. The summed E-state index contributed by atoms with van der Waals surface area (Å²) < 4.78 is 16.8. The number of rotatable bonds is 47. The summed E-state index contributed by atoms with van der Waals surface area (Å²) in [6, 6.07) is 0. The lowest BCUT2D eigenvalue weighted by Gasteiger charge is -2.18. The second-order valence-corrected chi connectivity index (χ2v) is 17.4. The summed E-state index contributed by atoms with van der Waals surface area (Å²) in [6.07, 6.45) is 69.6. The molecule has 0 N–H and O–H groups in total. The van der Waals surface area contributed by atoms with E-state index in [1.165, 1.54) is 77.0 Å². The Morgan fingerprint density at radius 3 is 1.12 bits per heavy atom. The van der Waals surface area contributed by atoms with E-state index in [1.807, 2.05) is 0 Å². The third-order valence-corrected chi connectivity index (χ3v) is 11.1. The highest BCUT2D eigenvalue weighted by molar-refractivity contribution is 5.71. The van der Waals surface area contributed by atoms with Gasteiger partial charge in [0, 0.05) is 19.3 Å². The minimum atomic E-state index is -0.798. The van der Waals surface area contributed by atoms with Crippen molar-refractivity contribution in [1.29, 1.82) is 0 Å². The molecule has 6 heteroatoms. The van der Waals surface area contributed by atoms with Crippen molar-refractivity contribution in [3.8, 4) is 0 Å². The molecule has 1 atom stereocenters. The van der Waals surface area contributed by atoms with Gasteiger partial charge in [-0.05, 0) is 83.5 Å². The molecule has 0 heterocycles. The highest BCUT2D eigenvalue weighted by atomic mass is 16.6. The van der Waals surface area contributed by atoms with Crippen molar-refractivity contribution in [3.05, 3.63) is 97.2 Å². The maximum atomic E-state index is 12.8. The first kappa shape index (κ1) is 61.3. The molecule has 0 radical (unpaired) electrons. The fraction of sp³-hybridized carbons (Fsp3) is 0.678. The molecule has 370 valence electrons. The topological polar surface area (TPSA) is 78.9 Å². The highest BCUT2D eigenvalue weighted by Crippen LogP contribution is 2.15. The standard InChI is InChI=1S/C59H98O6/c1-4-7-10-13-16-19-22-25-27-28-29-30-32-34-37-40-43-46-49-52-58(61)64-55-56(54-63-57(60)51-48-45-42-39-36-33-24-21-18-15-12-9-6-3)65-59(62)53-50-47-44-41-38-35-31-26-23-20-17-14-11-8-5-2/h7,9-10,12,15-16,18-19,21,24-25,27,29-30,34,37,56H,4-6,8,11,13-14,17,20,22-23,26,28,31-33,35-36,38-55H2,1-3H3/b10-7+,12-9+,18-15+,19-16+,24-21+,27-25+,30-29+,37-34+. The highest BCUT2D eigenvalue weighted by Gasteiger charge is 2.19. The van der Waals surface area contributed by atoms with Crippen LogP contribution in [0.15, 0.2) is 97.2 Å². The Hall–Kier alpha value is -3.67. The van der Waals surface area contributed by atoms with Gasteiger partial charge >= 0.3 is 17.9 Å². The molecule has 6 nitrogen and oxygen atoms in total. The number of ether oxygens (including phenoxy) is 3. The van der Waals surface area contributed by atoms with E-state index in [0.717, 1.165) is 122 Å². The molecule has 0 aromatic carbocycles. The van der Waals surface area contributed by atoms with Crippen molar-refractivity contribution in [2.24, 2.45) is 0 Å². The largest absolute Gasteiger partial charge is 0.462 e. The van der Waals surface area contributed by atoms with Crippen molar-refractivity contribution in [2.75, 3.05) is 13.2 Å². The number of carbonyl (C=O) groups is 3. The fourth-order valence-electron chi connectivity index (χ4n) is 7.17. The van der Waals surface area contributed by atoms with Gasteiger partial charge in [-0.25, -0.2) is 0 Å². The lowest BCUT2D eigenvalue weighted by molar-refractivity contribution is -0.167. The van der Waals surface area contributed by atoms with Gasteiger partial charge in [-0.3, -0.25) is 14.4 Å². The quantitative estimate of drug-likeness (QED) is 0.0199. The molecule has 0 aliphatic heterocycles. The Labute approximate surface area is 400 Å². The van der Waals surface area contributed by atoms with Crippen LogP contribution in [-0.4, -0.2) is 37.2 Å². The van der Waals surface area contributed by atoms with Gasteiger partial charge in [-0.15, -0.1) is 0 Å². The Kier molecular flexibility index (Phi) is 50.0. The molecule has 0 aliphatic carbocycles. The molecule has 0 saturated carbocycles. The van der Waals surface area contributed by atoms with E-state index >= 15 is 0 Å². The average molecular weight is 903 g/mol. The van der Waals surface area contributed by atoms with Gasteiger partial charge in [0.2, 0.25) is 0 Å². The maximum Gasteiger partial charge on any atom is 0.306 e. The monoisotopic (exact) mass is 903 g/mol. The van der Waals surface area contributed by atoms with Gasteiger partial charge in [0.25, 0.3) is 0 Å². The van der Waals surface area contributed by atoms with Crippen LogP contribution in [0.25, 0.3) is 0 Å². The van der Waals surface area contributed by atoms with Crippen LogP contribution in [-0.2, 0) is 28.6 Å². The second-order valence-electron chi connectivity index (χ2n) is 17.4. The van der Waals surface area contributed by atoms with Crippen LogP contribution in [0.1, 0.15) is 239 Å². The molecule has 0 rings (SSSR count). The van der Waals surface area contributed by atoms with Gasteiger partial charge in [0.1, 0.15) is 13.2 Å². The molecule has 0 aromatic rings. The summed E-state index contributed by atoms with van der Waals surface area (Å²) in [5, 5.41) is 0. The summed E-state index contributed by atoms with van der Waals surface area (Å²) in [4.78, 5) is 38.0. The molecule has 0 spiro atoms. The summed E-state index contributed by atoms with van der Waals surface area (Å²) in [7, 11) is 0. The Balaban J connectivity index is 4.46. The molecular formula is C59H98O6. The summed E-state index contributed by atoms with van der Waals surface area (Å²) in [5.41, 5.74) is 0. The zero-order valence-electron chi connectivity index (χ0n) is 42.2. The SMILES string of the molecule is CC/C=C/C=C/C=C/CCCCCCCC(=O)OCC(COC(=O)CCCCC/C=C/C/C=C/C/C=C/C/C=C/C/C=C/CC)OC(=O)CCCCCCCCCCCCCCCCC. The van der Waals surface area contributed by atoms with Gasteiger partial charge < -0.3 is 14.2 Å². The number of unbranched alkanes of at least 4 members (excludes halogenated alkanes) is 22. The van der Waals surface area contributed by atoms with Crippen molar-refractivity contribution in [1.82, 2.24) is 0 Å². The van der Waals surface area contributed by atoms with E-state index in [0.29, 0.717) is 19.3 Å². The van der Waals surface area contributed by atoms with E-state index < -0.39 is 6.10 Å². The van der Waals surface area contributed by atoms with E-state index in [4.69, 9.17) is 14.2 Å². The van der Waals surface area contributed by atoms with Gasteiger partial charge in [-0.1, -0.05) is 234 Å². The van der Waals surface area contributed by atoms with Crippen LogP contribution in [0, 0.1) is 0 Å². The Morgan fingerprint density at radius 1 is 0.338 bits per heavy atom. The Bertz CT molecular complexity index is 1310. The van der Waals surface area contributed by atoms with Crippen LogP contribution in [0.5, 0.6) is 0 Å². The number of esters is 3. The normalized spacial score (nSPS) is 12.8. The first-order valence-corrected chi connectivity index (χ1v) is 26.8. The van der Waals surface area contributed by atoms with Crippen molar-refractivity contribution in [3.63, 3.8) is 0 Å². The minimum absolute atomic E-state index is 0.0982. The lowest BCUT2D eigenvalue weighted by Crippen LogP contribution is -2.30. The zero-order valence-corrected chi connectivity index (χ0v) is 42.2. The molecule has 0 bridgehead atoms. The molecule has 0 amide bonds. The summed E-state index contributed by atoms with van der Waals surface area (Å²) >= 11 is 0. The smallest absolute Gasteiger partial charge is 0.306 e. The minimum Gasteiger partial charge on any atom is -0.462 e. The van der Waals surface area contributed by atoms with Gasteiger partial charge in [-0.2, -0.15) is 0 Å². The van der Waals surface area contributed by atoms with E-state index in [2.05, 4.69) is 118 Å². The molecular weight excluding hydrogens is 805 g/mol. The number of carbonyl (C=O) groups excluding carboxylic acids is 3. The average Bonchev–Trinajstić information content (AvgIpc) is 3.30. The van der Waals surface area contributed by atoms with Crippen molar-refractivity contribution in [2.45, 2.75) is 245 Å².